The maximum atomic E-state index is 9.61. The second kappa shape index (κ2) is 23.7. The fraction of sp³-hybridized carbons (Fsp3) is 0.125. The maximum Gasteiger partial charge on any atom is 0.252 e. The minimum atomic E-state index is -0.432. The molecule has 0 saturated heterocycles. The van der Waals surface area contributed by atoms with Crippen molar-refractivity contribution in [1.29, 1.82) is 0 Å². The van der Waals surface area contributed by atoms with Gasteiger partial charge in [-0.1, -0.05) is 275 Å². The van der Waals surface area contributed by atoms with Crippen LogP contribution in [-0.4, -0.2) is 11.3 Å². The smallest absolute Gasteiger partial charge is 0.252 e. The van der Waals surface area contributed by atoms with E-state index in [1.165, 1.54) is 47.6 Å². The van der Waals surface area contributed by atoms with Gasteiger partial charge in [0.15, 0.2) is 0 Å². The fourth-order valence-corrected chi connectivity index (χ4v) is 17.0. The van der Waals surface area contributed by atoms with Crippen molar-refractivity contribution in [3.05, 3.63) is 326 Å². The first-order chi connectivity index (χ1) is 51.0. The Labute approximate surface area is 605 Å². The van der Waals surface area contributed by atoms with Crippen molar-refractivity contribution in [3.63, 3.8) is 0 Å². The summed E-state index contributed by atoms with van der Waals surface area (Å²) in [6.45, 7) is 20.3. The Bertz CT molecular complexity index is 6060. The van der Waals surface area contributed by atoms with Crippen LogP contribution < -0.4 is 26.2 Å². The Hall–Kier alpha value is -11.2. The molecule has 101 heavy (non-hydrogen) atoms. The molecule has 2 aliphatic rings. The van der Waals surface area contributed by atoms with Crippen molar-refractivity contribution >= 4 is 111 Å². The predicted octanol–water partition coefficient (Wildman–Crippen LogP) is 25.1. The Morgan fingerprint density at radius 1 is 0.317 bits per heavy atom. The van der Waals surface area contributed by atoms with Gasteiger partial charge in [0.1, 0.15) is 0 Å². The molecule has 0 saturated carbocycles. The number of hydrogen-bond donors (Lipinski definition) is 0. The van der Waals surface area contributed by atoms with Gasteiger partial charge in [0.05, 0.1) is 23.6 Å². The summed E-state index contributed by atoms with van der Waals surface area (Å²) in [5, 5.41) is 4.78. The van der Waals surface area contributed by atoms with Crippen LogP contribution in [0.3, 0.4) is 0 Å². The average molecular weight is 1320 g/mol. The largest absolute Gasteiger partial charge is 0.311 e. The van der Waals surface area contributed by atoms with E-state index in [2.05, 4.69) is 350 Å². The molecule has 0 fully saturated rings. The van der Waals surface area contributed by atoms with Gasteiger partial charge in [0.2, 0.25) is 0 Å². The molecule has 0 unspecified atom stereocenters. The molecule has 14 aromatic carbocycles. The fourth-order valence-electron chi connectivity index (χ4n) is 15.9. The van der Waals surface area contributed by atoms with Crippen molar-refractivity contribution in [3.8, 4) is 72.4 Å². The summed E-state index contributed by atoms with van der Waals surface area (Å²) >= 11 is 1.82. The molecule has 0 radical (unpaired) electrons. The quantitative estimate of drug-likeness (QED) is 0.133. The molecule has 3 nitrogen and oxygen atoms in total. The minimum Gasteiger partial charge on any atom is -0.311 e. The molecule has 18 rings (SSSR count). The van der Waals surface area contributed by atoms with E-state index in [4.69, 9.17) is 4.11 Å². The Morgan fingerprint density at radius 2 is 0.812 bits per heavy atom. The second-order valence-electron chi connectivity index (χ2n) is 30.5. The SMILES string of the molecule is [2H]c1c([2H])c([2H])c(-c2ccc3c(c2)N(c2cc(-c4ccccc4)cc(-c4ccccc4)c2)c2cc(-c4cccc5sc6ccccc6c45)cc4c2B3c2ccc(-n3c5ccc(C(C)(C)C)cc5c5cc(C(C)(C)C)ccc53)cc2N4c2c(-c3ccccc3)cc(C(C)(C)C)cc2-c2ccccc2)c([2H])c1[2H]. The number of aromatic nitrogens is 1. The molecule has 2 aliphatic heterocycles. The van der Waals surface area contributed by atoms with Gasteiger partial charge in [-0.15, -0.1) is 11.3 Å². The predicted molar refractivity (Wildman–Crippen MR) is 436 cm³/mol. The molecular weight excluding hydrogens is 1240 g/mol. The van der Waals surface area contributed by atoms with Crippen LogP contribution in [0.15, 0.2) is 309 Å². The van der Waals surface area contributed by atoms with Crippen LogP contribution >= 0.6 is 11.3 Å². The summed E-state index contributed by atoms with van der Waals surface area (Å²) < 4.78 is 51.1. The summed E-state index contributed by atoms with van der Waals surface area (Å²) in [6.07, 6.45) is 0. The Morgan fingerprint density at radius 3 is 1.38 bits per heavy atom. The molecule has 0 atom stereocenters. The molecule has 0 spiro atoms. The van der Waals surface area contributed by atoms with E-state index in [-0.39, 0.29) is 46.0 Å². The van der Waals surface area contributed by atoms with Crippen LogP contribution in [0.2, 0.25) is 0 Å². The van der Waals surface area contributed by atoms with Crippen LogP contribution in [0.4, 0.5) is 34.1 Å². The third-order valence-corrected chi connectivity index (χ3v) is 22.2. The van der Waals surface area contributed by atoms with Crippen LogP contribution in [0.25, 0.3) is 114 Å². The number of thiophene rings is 1. The van der Waals surface area contributed by atoms with E-state index in [9.17, 15) is 2.74 Å². The van der Waals surface area contributed by atoms with Crippen molar-refractivity contribution in [1.82, 2.24) is 4.57 Å². The number of nitrogens with zero attached hydrogens (tertiary/aromatic N) is 3. The molecule has 2 aromatic heterocycles. The first-order valence-electron chi connectivity index (χ1n) is 37.7. The molecule has 16 aromatic rings. The van der Waals surface area contributed by atoms with Gasteiger partial charge in [0, 0.05) is 76.2 Å². The first kappa shape index (κ1) is 56.6. The van der Waals surface area contributed by atoms with Crippen LogP contribution in [0, 0.1) is 0 Å². The van der Waals surface area contributed by atoms with Crippen molar-refractivity contribution in [2.75, 3.05) is 9.80 Å². The summed E-state index contributed by atoms with van der Waals surface area (Å²) in [5.74, 6) is 0. The second-order valence-corrected chi connectivity index (χ2v) is 31.6. The van der Waals surface area contributed by atoms with E-state index in [0.29, 0.717) is 5.56 Å². The molecule has 4 heterocycles. The molecule has 5 heteroatoms. The van der Waals surface area contributed by atoms with E-state index in [1.54, 1.807) is 0 Å². The van der Waals surface area contributed by atoms with Gasteiger partial charge in [-0.25, -0.2) is 0 Å². The number of anilines is 6. The van der Waals surface area contributed by atoms with Crippen molar-refractivity contribution < 1.29 is 6.85 Å². The molecule has 0 bridgehead atoms. The van der Waals surface area contributed by atoms with Gasteiger partial charge in [-0.3, -0.25) is 0 Å². The lowest BCUT2D eigenvalue weighted by Gasteiger charge is -2.45. The lowest BCUT2D eigenvalue weighted by Crippen LogP contribution is -2.61. The highest BCUT2D eigenvalue weighted by Gasteiger charge is 2.45. The number of fused-ring (bicyclic) bond motifs is 10. The van der Waals surface area contributed by atoms with Gasteiger partial charge in [0.25, 0.3) is 6.71 Å². The molecule has 0 N–H and O–H groups in total. The van der Waals surface area contributed by atoms with E-state index in [1.807, 2.05) is 17.4 Å². The summed E-state index contributed by atoms with van der Waals surface area (Å²) in [6, 6.07) is 101. The molecular formula is C96H78BN3S. The summed E-state index contributed by atoms with van der Waals surface area (Å²) in [7, 11) is 0. The summed E-state index contributed by atoms with van der Waals surface area (Å²) in [5.41, 5.74) is 26.7. The lowest BCUT2D eigenvalue weighted by atomic mass is 9.33. The highest BCUT2D eigenvalue weighted by atomic mass is 32.1. The molecule has 0 amide bonds. The number of benzene rings is 14. The van der Waals surface area contributed by atoms with E-state index < -0.39 is 12.8 Å². The van der Waals surface area contributed by atoms with Crippen LogP contribution in [0.1, 0.15) is 85.9 Å². The van der Waals surface area contributed by atoms with Crippen LogP contribution in [-0.2, 0) is 16.2 Å². The molecule has 486 valence electrons. The zero-order valence-corrected chi connectivity index (χ0v) is 59.2. The third-order valence-electron chi connectivity index (χ3n) is 21.1. The lowest BCUT2D eigenvalue weighted by molar-refractivity contribution is 0.590. The number of hydrogen-bond acceptors (Lipinski definition) is 3. The van der Waals surface area contributed by atoms with Crippen molar-refractivity contribution in [2.45, 2.75) is 78.6 Å². The Balaban J connectivity index is 1.04. The standard InChI is InChI=1S/C96H78BN3S/c1-94(2,3)70-43-48-83-79(56-70)80-57-71(95(4,5)6)44-49-84(80)98(83)73-45-47-82-86(60-73)100(93-77(64-34-21-13-22-35-64)58-72(96(7,8)9)59-78(93)65-36-23-14-24-37-65)88-55-69(75-39-27-41-90-91(75)76-38-25-26-40-89(76)101-90)54-87-92(88)97(82)81-46-42-66(61-28-15-10-16-29-61)53-85(81)99(87)74-51-67(62-30-17-11-18-31-62)50-68(52-74)63-32-19-12-20-33-63/h10-60H,1-9H3/i10D,15D,16D,28D,29D. The topological polar surface area (TPSA) is 11.4 Å². The highest BCUT2D eigenvalue weighted by molar-refractivity contribution is 7.26. The average Bonchev–Trinajstić information content (AvgIpc) is 0.730. The Kier molecular flexibility index (Phi) is 13.3. The third kappa shape index (κ3) is 10.5. The van der Waals surface area contributed by atoms with Gasteiger partial charge in [-0.05, 0) is 202 Å². The maximum absolute atomic E-state index is 9.61. The highest BCUT2D eigenvalue weighted by Crippen LogP contribution is 2.55. The van der Waals surface area contributed by atoms with E-state index >= 15 is 0 Å². The first-order valence-corrected chi connectivity index (χ1v) is 36.1. The monoisotopic (exact) mass is 1320 g/mol. The van der Waals surface area contributed by atoms with Gasteiger partial charge >= 0.3 is 0 Å². The van der Waals surface area contributed by atoms with E-state index in [0.717, 1.165) is 123 Å². The van der Waals surface area contributed by atoms with Gasteiger partial charge in [-0.2, -0.15) is 0 Å². The van der Waals surface area contributed by atoms with Crippen molar-refractivity contribution in [2.24, 2.45) is 0 Å². The van der Waals surface area contributed by atoms with Crippen LogP contribution in [0.5, 0.6) is 0 Å². The normalized spacial score (nSPS) is 13.6. The molecule has 0 aliphatic carbocycles. The van der Waals surface area contributed by atoms with Gasteiger partial charge < -0.3 is 14.4 Å². The number of rotatable bonds is 9. The zero-order valence-electron chi connectivity index (χ0n) is 63.4. The zero-order chi connectivity index (χ0) is 73.0. The summed E-state index contributed by atoms with van der Waals surface area (Å²) in [4.78, 5) is 5.08. The minimum absolute atomic E-state index is 0.102.